The smallest absolute Gasteiger partial charge is 0.160 e. The minimum atomic E-state index is -0.199. The number of alkyl halides is 1. The summed E-state index contributed by atoms with van der Waals surface area (Å²) in [5.41, 5.74) is 1.70. The molecule has 0 heterocycles. The first-order valence-corrected chi connectivity index (χ1v) is 7.16. The molecule has 0 amide bonds. The summed E-state index contributed by atoms with van der Waals surface area (Å²) in [4.78, 5) is -0.0817. The van der Waals surface area contributed by atoms with Gasteiger partial charge in [0.05, 0.1) is 14.2 Å². The molecule has 2 nitrogen and oxygen atoms in total. The molecule has 0 aliphatic rings. The van der Waals surface area contributed by atoms with Gasteiger partial charge in [0.15, 0.2) is 11.5 Å². The van der Waals surface area contributed by atoms with E-state index in [-0.39, 0.29) is 10.6 Å². The van der Waals surface area contributed by atoms with Crippen molar-refractivity contribution in [2.75, 3.05) is 14.2 Å². The van der Waals surface area contributed by atoms with Gasteiger partial charge in [-0.3, -0.25) is 0 Å². The van der Waals surface area contributed by atoms with E-state index in [1.807, 2.05) is 24.3 Å². The Balaban J connectivity index is 2.20. The van der Waals surface area contributed by atoms with Gasteiger partial charge in [-0.2, -0.15) is 0 Å². The molecule has 0 radical (unpaired) electrons. The monoisotopic (exact) mass is 338 g/mol. The molecular formula is C16H16BrFO2. The average Bonchev–Trinajstić information content (AvgIpc) is 2.47. The first-order chi connectivity index (χ1) is 9.65. The summed E-state index contributed by atoms with van der Waals surface area (Å²) in [6.45, 7) is 0. The van der Waals surface area contributed by atoms with Crippen molar-refractivity contribution in [2.45, 2.75) is 11.2 Å². The normalized spacial score (nSPS) is 12.0. The molecule has 2 aromatic carbocycles. The van der Waals surface area contributed by atoms with E-state index in [2.05, 4.69) is 15.9 Å². The minimum Gasteiger partial charge on any atom is -0.493 e. The first kappa shape index (κ1) is 14.9. The Bertz CT molecular complexity index is 586. The predicted molar refractivity (Wildman–Crippen MR) is 81.3 cm³/mol. The van der Waals surface area contributed by atoms with Crippen LogP contribution in [-0.4, -0.2) is 14.2 Å². The van der Waals surface area contributed by atoms with Crippen LogP contribution in [0.1, 0.15) is 16.0 Å². The third-order valence-corrected chi connectivity index (χ3v) is 3.92. The maximum atomic E-state index is 13.7. The molecule has 0 bridgehead atoms. The zero-order valence-corrected chi connectivity index (χ0v) is 13.0. The minimum absolute atomic E-state index is 0.0817. The topological polar surface area (TPSA) is 18.5 Å². The Morgan fingerprint density at radius 2 is 1.75 bits per heavy atom. The van der Waals surface area contributed by atoms with E-state index in [0.29, 0.717) is 23.5 Å². The number of benzene rings is 2. The number of ether oxygens (including phenoxy) is 2. The highest BCUT2D eigenvalue weighted by Gasteiger charge is 2.14. The van der Waals surface area contributed by atoms with Crippen LogP contribution < -0.4 is 9.47 Å². The maximum absolute atomic E-state index is 13.7. The van der Waals surface area contributed by atoms with Gasteiger partial charge >= 0.3 is 0 Å². The van der Waals surface area contributed by atoms with Crippen molar-refractivity contribution in [3.05, 3.63) is 59.4 Å². The highest BCUT2D eigenvalue weighted by Crippen LogP contribution is 2.33. The van der Waals surface area contributed by atoms with Crippen LogP contribution in [0.5, 0.6) is 11.5 Å². The van der Waals surface area contributed by atoms with Crippen molar-refractivity contribution in [1.82, 2.24) is 0 Å². The Morgan fingerprint density at radius 1 is 1.05 bits per heavy atom. The summed E-state index contributed by atoms with van der Waals surface area (Å²) >= 11 is 3.54. The van der Waals surface area contributed by atoms with E-state index in [9.17, 15) is 4.39 Å². The Labute approximate surface area is 126 Å². The molecule has 1 atom stereocenters. The molecule has 2 rings (SSSR count). The molecule has 20 heavy (non-hydrogen) atoms. The van der Waals surface area contributed by atoms with Gasteiger partial charge in [-0.05, 0) is 30.2 Å². The second-order valence-electron chi connectivity index (χ2n) is 4.38. The van der Waals surface area contributed by atoms with Crippen LogP contribution in [0.2, 0.25) is 0 Å². The molecule has 0 saturated carbocycles. The van der Waals surface area contributed by atoms with Crippen molar-refractivity contribution >= 4 is 15.9 Å². The molecule has 0 aliphatic carbocycles. The number of hydrogen-bond acceptors (Lipinski definition) is 2. The maximum Gasteiger partial charge on any atom is 0.160 e. The average molecular weight is 339 g/mol. The number of halogens is 2. The van der Waals surface area contributed by atoms with Gasteiger partial charge in [0.1, 0.15) is 5.82 Å². The van der Waals surface area contributed by atoms with Gasteiger partial charge in [-0.1, -0.05) is 40.2 Å². The quantitative estimate of drug-likeness (QED) is 0.746. The van der Waals surface area contributed by atoms with Crippen molar-refractivity contribution in [3.63, 3.8) is 0 Å². The molecule has 0 spiro atoms. The third-order valence-electron chi connectivity index (χ3n) is 3.11. The SMILES string of the molecule is COc1ccc(CC(Br)c2ccccc2F)cc1OC. The number of hydrogen-bond donors (Lipinski definition) is 0. The molecule has 0 fully saturated rings. The highest BCUT2D eigenvalue weighted by atomic mass is 79.9. The summed E-state index contributed by atoms with van der Waals surface area (Å²) in [6.07, 6.45) is 0.668. The molecule has 0 N–H and O–H groups in total. The largest absolute Gasteiger partial charge is 0.493 e. The van der Waals surface area contributed by atoms with Crippen LogP contribution in [-0.2, 0) is 6.42 Å². The Kier molecular flexibility index (Phi) is 5.01. The standard InChI is InChI=1S/C16H16BrFO2/c1-19-15-8-7-11(10-16(15)20-2)9-13(17)12-5-3-4-6-14(12)18/h3-8,10,13H,9H2,1-2H3. The van der Waals surface area contributed by atoms with E-state index < -0.39 is 0 Å². The van der Waals surface area contributed by atoms with Crippen molar-refractivity contribution in [2.24, 2.45) is 0 Å². The molecule has 0 saturated heterocycles. The second-order valence-corrected chi connectivity index (χ2v) is 5.49. The van der Waals surface area contributed by atoms with Crippen LogP contribution in [0.25, 0.3) is 0 Å². The van der Waals surface area contributed by atoms with Gasteiger partial charge < -0.3 is 9.47 Å². The molecule has 2 aromatic rings. The molecule has 4 heteroatoms. The third kappa shape index (κ3) is 3.31. The molecule has 106 valence electrons. The van der Waals surface area contributed by atoms with Crippen LogP contribution in [0.15, 0.2) is 42.5 Å². The van der Waals surface area contributed by atoms with Gasteiger partial charge in [0.2, 0.25) is 0 Å². The fourth-order valence-electron chi connectivity index (χ4n) is 2.05. The lowest BCUT2D eigenvalue weighted by Crippen LogP contribution is -1.99. The first-order valence-electron chi connectivity index (χ1n) is 6.25. The summed E-state index contributed by atoms with van der Waals surface area (Å²) in [7, 11) is 3.20. The van der Waals surface area contributed by atoms with Crippen LogP contribution >= 0.6 is 15.9 Å². The molecule has 1 unspecified atom stereocenters. The summed E-state index contributed by atoms with van der Waals surface area (Å²) in [5.74, 6) is 1.17. The highest BCUT2D eigenvalue weighted by molar-refractivity contribution is 9.09. The Morgan fingerprint density at radius 3 is 2.40 bits per heavy atom. The summed E-state index contributed by atoms with van der Waals surface area (Å²) in [5, 5.41) is 0. The zero-order valence-electron chi connectivity index (χ0n) is 11.4. The molecule has 0 aliphatic heterocycles. The van der Waals surface area contributed by atoms with Gasteiger partial charge in [-0.25, -0.2) is 4.39 Å². The van der Waals surface area contributed by atoms with E-state index >= 15 is 0 Å². The number of methoxy groups -OCH3 is 2. The van der Waals surface area contributed by atoms with Crippen LogP contribution in [0.3, 0.4) is 0 Å². The van der Waals surface area contributed by atoms with E-state index in [4.69, 9.17) is 9.47 Å². The van der Waals surface area contributed by atoms with Gasteiger partial charge in [0, 0.05) is 10.4 Å². The molecular weight excluding hydrogens is 323 g/mol. The van der Waals surface area contributed by atoms with Gasteiger partial charge in [0.25, 0.3) is 0 Å². The van der Waals surface area contributed by atoms with E-state index in [0.717, 1.165) is 5.56 Å². The lowest BCUT2D eigenvalue weighted by atomic mass is 10.0. The summed E-state index contributed by atoms with van der Waals surface area (Å²) in [6, 6.07) is 12.5. The van der Waals surface area contributed by atoms with Gasteiger partial charge in [-0.15, -0.1) is 0 Å². The zero-order chi connectivity index (χ0) is 14.5. The Hall–Kier alpha value is -1.55. The summed E-state index contributed by atoms with van der Waals surface area (Å²) < 4.78 is 24.2. The second kappa shape index (κ2) is 6.75. The van der Waals surface area contributed by atoms with Crippen LogP contribution in [0, 0.1) is 5.82 Å². The fourth-order valence-corrected chi connectivity index (χ4v) is 2.80. The number of rotatable bonds is 5. The fraction of sp³-hybridized carbons (Fsp3) is 0.250. The van der Waals surface area contributed by atoms with Crippen LogP contribution in [0.4, 0.5) is 4.39 Å². The molecule has 0 aromatic heterocycles. The van der Waals surface area contributed by atoms with E-state index in [1.54, 1.807) is 26.4 Å². The lowest BCUT2D eigenvalue weighted by molar-refractivity contribution is 0.354. The van der Waals surface area contributed by atoms with Crippen molar-refractivity contribution in [1.29, 1.82) is 0 Å². The lowest BCUT2D eigenvalue weighted by Gasteiger charge is -2.13. The predicted octanol–water partition coefficient (Wildman–Crippen LogP) is 4.52. The van der Waals surface area contributed by atoms with E-state index in [1.165, 1.54) is 6.07 Å². The van der Waals surface area contributed by atoms with Crippen molar-refractivity contribution < 1.29 is 13.9 Å². The van der Waals surface area contributed by atoms with Crippen molar-refractivity contribution in [3.8, 4) is 11.5 Å².